The molecule has 0 saturated heterocycles. The zero-order valence-corrected chi connectivity index (χ0v) is 9.97. The van der Waals surface area contributed by atoms with Crippen LogP contribution >= 0.6 is 11.6 Å². The number of para-hydroxylation sites is 1. The number of aromatic amines is 1. The van der Waals surface area contributed by atoms with Crippen LogP contribution in [0.5, 0.6) is 0 Å². The Morgan fingerprint density at radius 2 is 2.24 bits per heavy atom. The molecule has 2 aromatic rings. The van der Waals surface area contributed by atoms with Gasteiger partial charge in [0, 0.05) is 18.0 Å². The number of hydrogen-bond donors (Lipinski definition) is 2. The molecule has 0 radical (unpaired) electrons. The van der Waals surface area contributed by atoms with Crippen molar-refractivity contribution in [2.24, 2.45) is 0 Å². The molecule has 0 aliphatic carbocycles. The lowest BCUT2D eigenvalue weighted by Crippen LogP contribution is -2.24. The van der Waals surface area contributed by atoms with Crippen molar-refractivity contribution < 1.29 is 4.79 Å². The van der Waals surface area contributed by atoms with E-state index in [1.54, 1.807) is 18.2 Å². The minimum absolute atomic E-state index is 0.272. The van der Waals surface area contributed by atoms with Gasteiger partial charge in [0.1, 0.15) is 0 Å². The van der Waals surface area contributed by atoms with Crippen LogP contribution in [0.15, 0.2) is 29.1 Å². The molecule has 0 atom stereocenters. The van der Waals surface area contributed by atoms with E-state index in [2.05, 4.69) is 10.3 Å². The molecule has 0 bridgehead atoms. The second-order valence-corrected chi connectivity index (χ2v) is 3.98. The number of aromatic nitrogens is 1. The van der Waals surface area contributed by atoms with Gasteiger partial charge in [0.15, 0.2) is 0 Å². The van der Waals surface area contributed by atoms with Crippen LogP contribution in [0.3, 0.4) is 0 Å². The van der Waals surface area contributed by atoms with E-state index in [0.717, 1.165) is 0 Å². The van der Waals surface area contributed by atoms with E-state index in [0.29, 0.717) is 28.0 Å². The normalized spacial score (nSPS) is 10.5. The van der Waals surface area contributed by atoms with Gasteiger partial charge in [-0.15, -0.1) is 0 Å². The Morgan fingerprint density at radius 1 is 1.47 bits per heavy atom. The van der Waals surface area contributed by atoms with Crippen LogP contribution in [0.1, 0.15) is 17.3 Å². The summed E-state index contributed by atoms with van der Waals surface area (Å²) in [5.41, 5.74) is 0.489. The van der Waals surface area contributed by atoms with Crippen LogP contribution in [0, 0.1) is 0 Å². The summed E-state index contributed by atoms with van der Waals surface area (Å²) in [5, 5.41) is 3.73. The molecular weight excluding hydrogens is 240 g/mol. The van der Waals surface area contributed by atoms with Crippen molar-refractivity contribution >= 4 is 28.4 Å². The number of benzene rings is 1. The van der Waals surface area contributed by atoms with Crippen LogP contribution in [-0.4, -0.2) is 17.4 Å². The maximum atomic E-state index is 11.8. The number of fused-ring (bicyclic) bond motifs is 1. The van der Waals surface area contributed by atoms with E-state index in [1.165, 1.54) is 6.07 Å². The molecule has 5 heteroatoms. The van der Waals surface area contributed by atoms with Gasteiger partial charge in [0.25, 0.3) is 5.91 Å². The van der Waals surface area contributed by atoms with Crippen LogP contribution < -0.4 is 10.9 Å². The molecule has 0 fully saturated rings. The van der Waals surface area contributed by atoms with Crippen molar-refractivity contribution in [2.75, 3.05) is 6.54 Å². The van der Waals surface area contributed by atoms with Gasteiger partial charge in [-0.3, -0.25) is 9.59 Å². The molecule has 2 rings (SSSR count). The first kappa shape index (κ1) is 11.7. The first-order chi connectivity index (χ1) is 8.13. The molecule has 0 saturated carbocycles. The Bertz CT molecular complexity index is 634. The zero-order chi connectivity index (χ0) is 12.4. The summed E-state index contributed by atoms with van der Waals surface area (Å²) < 4.78 is 0. The first-order valence-corrected chi connectivity index (χ1v) is 5.61. The molecule has 0 aliphatic rings. The quantitative estimate of drug-likeness (QED) is 0.856. The summed E-state index contributed by atoms with van der Waals surface area (Å²) in [6.07, 6.45) is 0. The van der Waals surface area contributed by atoms with E-state index < -0.39 is 0 Å². The highest BCUT2D eigenvalue weighted by molar-refractivity contribution is 6.35. The monoisotopic (exact) mass is 250 g/mol. The van der Waals surface area contributed by atoms with Crippen molar-refractivity contribution in [3.8, 4) is 0 Å². The van der Waals surface area contributed by atoms with E-state index in [9.17, 15) is 9.59 Å². The summed E-state index contributed by atoms with van der Waals surface area (Å²) >= 11 is 5.98. The molecule has 4 nitrogen and oxygen atoms in total. The molecular formula is C12H11ClN2O2. The number of H-pyrrole nitrogens is 1. The number of hydrogen-bond acceptors (Lipinski definition) is 2. The van der Waals surface area contributed by atoms with Gasteiger partial charge < -0.3 is 10.3 Å². The van der Waals surface area contributed by atoms with Gasteiger partial charge in [0.05, 0.1) is 16.1 Å². The number of amides is 1. The van der Waals surface area contributed by atoms with Gasteiger partial charge in [0.2, 0.25) is 5.56 Å². The molecule has 88 valence electrons. The largest absolute Gasteiger partial charge is 0.352 e. The lowest BCUT2D eigenvalue weighted by Gasteiger charge is -2.06. The molecule has 2 N–H and O–H groups in total. The Morgan fingerprint density at radius 3 is 2.94 bits per heavy atom. The highest BCUT2D eigenvalue weighted by atomic mass is 35.5. The van der Waals surface area contributed by atoms with Crippen LogP contribution in [0.2, 0.25) is 5.02 Å². The Kier molecular flexibility index (Phi) is 3.15. The third-order valence-corrected chi connectivity index (χ3v) is 2.72. The number of rotatable bonds is 2. The fourth-order valence-electron chi connectivity index (χ4n) is 1.69. The van der Waals surface area contributed by atoms with Crippen molar-refractivity contribution in [1.82, 2.24) is 10.3 Å². The maximum absolute atomic E-state index is 11.8. The third-order valence-electron chi connectivity index (χ3n) is 2.41. The number of halogens is 1. The van der Waals surface area contributed by atoms with Gasteiger partial charge in [-0.1, -0.05) is 23.7 Å². The summed E-state index contributed by atoms with van der Waals surface area (Å²) in [6.45, 7) is 2.33. The molecule has 1 aromatic carbocycles. The van der Waals surface area contributed by atoms with Crippen LogP contribution in [0.25, 0.3) is 10.9 Å². The fourth-order valence-corrected chi connectivity index (χ4v) is 1.91. The molecule has 1 amide bonds. The minimum atomic E-state index is -0.341. The first-order valence-electron chi connectivity index (χ1n) is 5.23. The van der Waals surface area contributed by atoms with E-state index in [-0.39, 0.29) is 11.5 Å². The average Bonchev–Trinajstić information content (AvgIpc) is 2.30. The molecule has 0 aliphatic heterocycles. The van der Waals surface area contributed by atoms with Crippen molar-refractivity contribution in [2.45, 2.75) is 6.92 Å². The molecule has 0 spiro atoms. The summed E-state index contributed by atoms with van der Waals surface area (Å²) in [6, 6.07) is 6.44. The Labute approximate surface area is 103 Å². The smallest absolute Gasteiger partial charge is 0.252 e. The van der Waals surface area contributed by atoms with Gasteiger partial charge in [-0.05, 0) is 13.0 Å². The van der Waals surface area contributed by atoms with Crippen molar-refractivity contribution in [1.29, 1.82) is 0 Å². The lowest BCUT2D eigenvalue weighted by molar-refractivity contribution is 0.0957. The molecule has 1 aromatic heterocycles. The Balaban J connectivity index is 2.75. The molecule has 1 heterocycles. The number of carbonyl (C=O) groups excluding carboxylic acids is 1. The van der Waals surface area contributed by atoms with Crippen molar-refractivity contribution in [3.63, 3.8) is 0 Å². The van der Waals surface area contributed by atoms with Gasteiger partial charge >= 0.3 is 0 Å². The Hall–Kier alpha value is -1.81. The second kappa shape index (κ2) is 4.59. The van der Waals surface area contributed by atoms with Crippen molar-refractivity contribution in [3.05, 3.63) is 45.2 Å². The van der Waals surface area contributed by atoms with Crippen LogP contribution in [0.4, 0.5) is 0 Å². The SMILES string of the molecule is CCNC(=O)c1cc(=O)[nH]c2c(Cl)cccc12. The fraction of sp³-hybridized carbons (Fsp3) is 0.167. The van der Waals surface area contributed by atoms with Gasteiger partial charge in [-0.2, -0.15) is 0 Å². The minimum Gasteiger partial charge on any atom is -0.352 e. The van der Waals surface area contributed by atoms with Crippen LogP contribution in [-0.2, 0) is 0 Å². The predicted molar refractivity (Wildman–Crippen MR) is 67.6 cm³/mol. The lowest BCUT2D eigenvalue weighted by atomic mass is 10.1. The van der Waals surface area contributed by atoms with Gasteiger partial charge in [-0.25, -0.2) is 0 Å². The summed E-state index contributed by atoms with van der Waals surface area (Å²) in [7, 11) is 0. The third kappa shape index (κ3) is 2.17. The average molecular weight is 251 g/mol. The topological polar surface area (TPSA) is 62.0 Å². The number of nitrogens with one attached hydrogen (secondary N) is 2. The highest BCUT2D eigenvalue weighted by Crippen LogP contribution is 2.22. The van der Waals surface area contributed by atoms with E-state index in [4.69, 9.17) is 11.6 Å². The second-order valence-electron chi connectivity index (χ2n) is 3.57. The van der Waals surface area contributed by atoms with E-state index in [1.807, 2.05) is 6.92 Å². The standard InChI is InChI=1S/C12H11ClN2O2/c1-2-14-12(17)8-6-10(16)15-11-7(8)4-3-5-9(11)13/h3-6H,2H2,1H3,(H,14,17)(H,15,16). The summed E-state index contributed by atoms with van der Waals surface area (Å²) in [5.74, 6) is -0.272. The highest BCUT2D eigenvalue weighted by Gasteiger charge is 2.12. The van der Waals surface area contributed by atoms with E-state index >= 15 is 0 Å². The maximum Gasteiger partial charge on any atom is 0.252 e. The molecule has 17 heavy (non-hydrogen) atoms. The predicted octanol–water partition coefficient (Wildman–Crippen LogP) is 1.93. The molecule has 0 unspecified atom stereocenters. The summed E-state index contributed by atoms with van der Waals surface area (Å²) in [4.78, 5) is 25.9. The number of carbonyl (C=O) groups is 1. The number of pyridine rings is 1. The zero-order valence-electron chi connectivity index (χ0n) is 9.21.